The molecule has 5 nitrogen and oxygen atoms in total. The molecule has 0 aromatic heterocycles. The van der Waals surface area contributed by atoms with Gasteiger partial charge in [-0.15, -0.1) is 0 Å². The highest BCUT2D eigenvalue weighted by Gasteiger charge is 2.53. The monoisotopic (exact) mass is 296 g/mol. The maximum Gasteiger partial charge on any atom is 0.337 e. The zero-order valence-electron chi connectivity index (χ0n) is 13.0. The van der Waals surface area contributed by atoms with Crippen LogP contribution < -0.4 is 0 Å². The van der Waals surface area contributed by atoms with Gasteiger partial charge in [-0.3, -0.25) is 0 Å². The van der Waals surface area contributed by atoms with Crippen LogP contribution in [0.1, 0.15) is 39.5 Å². The van der Waals surface area contributed by atoms with E-state index >= 15 is 0 Å². The fourth-order valence-corrected chi connectivity index (χ4v) is 3.71. The van der Waals surface area contributed by atoms with Crippen molar-refractivity contribution in [1.29, 1.82) is 0 Å². The molecule has 2 bridgehead atoms. The van der Waals surface area contributed by atoms with E-state index in [0.717, 1.165) is 19.3 Å². The zero-order valence-corrected chi connectivity index (χ0v) is 13.0. The molecule has 2 fully saturated rings. The Morgan fingerprint density at radius 2 is 2.00 bits per heavy atom. The van der Waals surface area contributed by atoms with E-state index in [0.29, 0.717) is 25.2 Å². The molecule has 2 aliphatic carbocycles. The van der Waals surface area contributed by atoms with Crippen molar-refractivity contribution in [1.82, 2.24) is 0 Å². The summed E-state index contributed by atoms with van der Waals surface area (Å²) in [5, 5.41) is 10.2. The number of allylic oxidation sites excluding steroid dienone is 1. The number of esters is 1. The molecule has 0 unspecified atom stereocenters. The van der Waals surface area contributed by atoms with E-state index in [9.17, 15) is 9.90 Å². The van der Waals surface area contributed by atoms with Crippen LogP contribution in [0, 0.1) is 17.3 Å². The Morgan fingerprint density at radius 3 is 2.62 bits per heavy atom. The third kappa shape index (κ3) is 2.46. The van der Waals surface area contributed by atoms with Gasteiger partial charge in [-0.1, -0.05) is 13.8 Å². The minimum atomic E-state index is -0.591. The smallest absolute Gasteiger partial charge is 0.337 e. The second-order valence-electron chi connectivity index (χ2n) is 7.28. The van der Waals surface area contributed by atoms with Crippen molar-refractivity contribution in [3.05, 3.63) is 11.3 Å². The van der Waals surface area contributed by atoms with E-state index in [4.69, 9.17) is 14.2 Å². The molecule has 1 aliphatic heterocycles. The number of carbonyl (C=O) groups is 1. The summed E-state index contributed by atoms with van der Waals surface area (Å²) >= 11 is 0. The fourth-order valence-electron chi connectivity index (χ4n) is 3.71. The van der Waals surface area contributed by atoms with Crippen LogP contribution in [0.15, 0.2) is 11.3 Å². The molecule has 0 radical (unpaired) electrons. The maximum atomic E-state index is 11.9. The first-order valence-corrected chi connectivity index (χ1v) is 7.65. The van der Waals surface area contributed by atoms with Gasteiger partial charge in [0.15, 0.2) is 5.79 Å². The summed E-state index contributed by atoms with van der Waals surface area (Å²) < 4.78 is 17.0. The van der Waals surface area contributed by atoms with Crippen LogP contribution in [0.5, 0.6) is 0 Å². The minimum Gasteiger partial charge on any atom is -0.511 e. The first kappa shape index (κ1) is 14.9. The molecule has 1 saturated carbocycles. The Hall–Kier alpha value is -1.07. The third-order valence-corrected chi connectivity index (χ3v) is 5.02. The van der Waals surface area contributed by atoms with Crippen LogP contribution in [-0.2, 0) is 19.0 Å². The standard InChI is InChI=1S/C16H24O5/c1-15(2)8-20-16(21-9-15)5-4-10-6-11(16)7-12(13(10)17)14(18)19-3/h10-11,17H,4-9H2,1-3H3/t10-,11+/m0/s1. The lowest BCUT2D eigenvalue weighted by molar-refractivity contribution is -0.336. The summed E-state index contributed by atoms with van der Waals surface area (Å²) in [6.07, 6.45) is 2.84. The fraction of sp³-hybridized carbons (Fsp3) is 0.812. The number of carbonyl (C=O) groups excluding carboxylic acids is 1. The van der Waals surface area contributed by atoms with Crippen molar-refractivity contribution in [2.24, 2.45) is 17.3 Å². The molecule has 1 heterocycles. The predicted molar refractivity (Wildman–Crippen MR) is 75.5 cm³/mol. The molecular weight excluding hydrogens is 272 g/mol. The lowest BCUT2D eigenvalue weighted by Crippen LogP contribution is -2.55. The summed E-state index contributed by atoms with van der Waals surface area (Å²) in [4.78, 5) is 11.9. The summed E-state index contributed by atoms with van der Waals surface area (Å²) in [7, 11) is 1.35. The van der Waals surface area contributed by atoms with Crippen LogP contribution in [-0.4, -0.2) is 37.2 Å². The molecule has 5 heteroatoms. The SMILES string of the molecule is COC(=O)C1=C(O)[C@H]2CCC3(OCC(C)(C)CO3)[C@@H](C1)C2. The molecule has 1 saturated heterocycles. The van der Waals surface area contributed by atoms with E-state index in [2.05, 4.69) is 13.8 Å². The minimum absolute atomic E-state index is 0.0277. The van der Waals surface area contributed by atoms with Gasteiger partial charge in [-0.25, -0.2) is 4.79 Å². The molecule has 0 aromatic rings. The Morgan fingerprint density at radius 1 is 1.33 bits per heavy atom. The number of aliphatic hydroxyl groups is 1. The molecule has 0 aromatic carbocycles. The van der Waals surface area contributed by atoms with Gasteiger partial charge in [0.1, 0.15) is 5.76 Å². The van der Waals surface area contributed by atoms with E-state index in [1.807, 2.05) is 0 Å². The van der Waals surface area contributed by atoms with Crippen LogP contribution in [0.25, 0.3) is 0 Å². The van der Waals surface area contributed by atoms with Gasteiger partial charge < -0.3 is 19.3 Å². The number of rotatable bonds is 1. The number of methoxy groups -OCH3 is 1. The Bertz CT molecular complexity index is 469. The van der Waals surface area contributed by atoms with Gasteiger partial charge in [-0.2, -0.15) is 0 Å². The quantitative estimate of drug-likeness (QED) is 0.753. The van der Waals surface area contributed by atoms with Crippen molar-refractivity contribution in [2.75, 3.05) is 20.3 Å². The molecule has 0 amide bonds. The summed E-state index contributed by atoms with van der Waals surface area (Å²) in [6, 6.07) is 0. The maximum absolute atomic E-state index is 11.9. The molecule has 118 valence electrons. The molecule has 3 aliphatic rings. The Kier molecular flexibility index (Phi) is 3.53. The highest BCUT2D eigenvalue weighted by atomic mass is 16.7. The van der Waals surface area contributed by atoms with Gasteiger partial charge in [0, 0.05) is 23.7 Å². The van der Waals surface area contributed by atoms with Gasteiger partial charge in [-0.05, 0) is 19.3 Å². The predicted octanol–water partition coefficient (Wildman–Crippen LogP) is 2.56. The highest BCUT2D eigenvalue weighted by Crippen LogP contribution is 2.51. The van der Waals surface area contributed by atoms with E-state index in [-0.39, 0.29) is 23.0 Å². The van der Waals surface area contributed by atoms with Crippen LogP contribution >= 0.6 is 0 Å². The molecule has 2 atom stereocenters. The number of fused-ring (bicyclic) bond motifs is 3. The van der Waals surface area contributed by atoms with E-state index in [1.54, 1.807) is 0 Å². The van der Waals surface area contributed by atoms with Gasteiger partial charge in [0.05, 0.1) is 25.9 Å². The molecular formula is C16H24O5. The average Bonchev–Trinajstić information content (AvgIpc) is 2.47. The van der Waals surface area contributed by atoms with Crippen molar-refractivity contribution in [2.45, 2.75) is 45.3 Å². The molecule has 1 N–H and O–H groups in total. The zero-order chi connectivity index (χ0) is 15.3. The number of aliphatic hydroxyl groups excluding tert-OH is 1. The summed E-state index contributed by atoms with van der Waals surface area (Å²) in [6.45, 7) is 5.57. The second kappa shape index (κ2) is 4.99. The Balaban J connectivity index is 1.83. The summed E-state index contributed by atoms with van der Waals surface area (Å²) in [5.41, 5.74) is 0.426. The molecule has 3 rings (SSSR count). The number of hydrogen-bond acceptors (Lipinski definition) is 5. The average molecular weight is 296 g/mol. The molecule has 1 spiro atoms. The number of hydrogen-bond donors (Lipinski definition) is 1. The van der Waals surface area contributed by atoms with Gasteiger partial charge in [0.2, 0.25) is 0 Å². The van der Waals surface area contributed by atoms with Gasteiger partial charge >= 0.3 is 5.97 Å². The lowest BCUT2D eigenvalue weighted by atomic mass is 9.68. The van der Waals surface area contributed by atoms with Crippen molar-refractivity contribution in [3.63, 3.8) is 0 Å². The third-order valence-electron chi connectivity index (χ3n) is 5.02. The van der Waals surface area contributed by atoms with Crippen molar-refractivity contribution < 1.29 is 24.1 Å². The first-order chi connectivity index (χ1) is 9.87. The second-order valence-corrected chi connectivity index (χ2v) is 7.28. The lowest BCUT2D eigenvalue weighted by Gasteiger charge is -2.52. The number of ether oxygens (including phenoxy) is 3. The van der Waals surface area contributed by atoms with E-state index in [1.165, 1.54) is 7.11 Å². The largest absolute Gasteiger partial charge is 0.511 e. The topological polar surface area (TPSA) is 65.0 Å². The van der Waals surface area contributed by atoms with Crippen molar-refractivity contribution >= 4 is 5.97 Å². The van der Waals surface area contributed by atoms with Crippen LogP contribution in [0.2, 0.25) is 0 Å². The normalized spacial score (nSPS) is 33.9. The van der Waals surface area contributed by atoms with Crippen LogP contribution in [0.3, 0.4) is 0 Å². The van der Waals surface area contributed by atoms with E-state index < -0.39 is 11.8 Å². The van der Waals surface area contributed by atoms with Crippen LogP contribution in [0.4, 0.5) is 0 Å². The molecule has 21 heavy (non-hydrogen) atoms. The summed E-state index contributed by atoms with van der Waals surface area (Å²) in [5.74, 6) is -0.672. The first-order valence-electron chi connectivity index (χ1n) is 7.65. The van der Waals surface area contributed by atoms with Crippen molar-refractivity contribution in [3.8, 4) is 0 Å². The van der Waals surface area contributed by atoms with Gasteiger partial charge in [0.25, 0.3) is 0 Å². The Labute approximate surface area is 125 Å². The highest BCUT2D eigenvalue weighted by molar-refractivity contribution is 5.89.